The number of esters is 2. The normalized spacial score (nSPS) is 21.0. The zero-order valence-electron chi connectivity index (χ0n) is 11.8. The summed E-state index contributed by atoms with van der Waals surface area (Å²) in [5.74, 6) is -3.94. The second-order valence-electron chi connectivity index (χ2n) is 4.30. The maximum Gasteiger partial charge on any atom is 0.337 e. The summed E-state index contributed by atoms with van der Waals surface area (Å²) in [4.78, 5) is 35.1. The van der Waals surface area contributed by atoms with Crippen molar-refractivity contribution in [2.45, 2.75) is 19.6 Å². The van der Waals surface area contributed by atoms with Crippen molar-refractivity contribution in [2.24, 2.45) is 0 Å². The van der Waals surface area contributed by atoms with Crippen molar-refractivity contribution in [1.29, 1.82) is 0 Å². The van der Waals surface area contributed by atoms with Crippen molar-refractivity contribution in [3.63, 3.8) is 0 Å². The van der Waals surface area contributed by atoms with E-state index in [-0.39, 0.29) is 5.57 Å². The van der Waals surface area contributed by atoms with E-state index in [1.165, 1.54) is 26.4 Å². The van der Waals surface area contributed by atoms with Gasteiger partial charge in [0.05, 0.1) is 12.7 Å². The summed E-state index contributed by atoms with van der Waals surface area (Å²) < 4.78 is 14.6. The molecule has 0 aliphatic heterocycles. The molecule has 1 unspecified atom stereocenters. The fraction of sp³-hybridized carbons (Fsp3) is 0.357. The number of carbonyl (C=O) groups excluding carboxylic acids is 3. The quantitative estimate of drug-likeness (QED) is 0.435. The van der Waals surface area contributed by atoms with E-state index in [4.69, 9.17) is 9.47 Å². The number of hydrogen-bond donors (Lipinski definition) is 0. The van der Waals surface area contributed by atoms with Crippen molar-refractivity contribution in [3.8, 4) is 0 Å². The van der Waals surface area contributed by atoms with E-state index in [0.29, 0.717) is 5.57 Å². The summed E-state index contributed by atoms with van der Waals surface area (Å²) in [6.45, 7) is 3.41. The van der Waals surface area contributed by atoms with Gasteiger partial charge in [0.2, 0.25) is 5.78 Å². The molecule has 0 N–H and O–H groups in total. The monoisotopic (exact) mass is 280 g/mol. The van der Waals surface area contributed by atoms with E-state index in [0.717, 1.165) is 12.2 Å². The van der Waals surface area contributed by atoms with Crippen LogP contribution >= 0.6 is 0 Å². The van der Waals surface area contributed by atoms with Crippen molar-refractivity contribution in [1.82, 2.24) is 0 Å². The van der Waals surface area contributed by atoms with Gasteiger partial charge in [0.25, 0.3) is 5.79 Å². The van der Waals surface area contributed by atoms with E-state index in [2.05, 4.69) is 4.74 Å². The average Bonchev–Trinajstić information content (AvgIpc) is 2.39. The second-order valence-corrected chi connectivity index (χ2v) is 4.30. The van der Waals surface area contributed by atoms with Gasteiger partial charge in [-0.15, -0.1) is 0 Å². The van der Waals surface area contributed by atoms with Crippen molar-refractivity contribution in [2.75, 3.05) is 14.2 Å². The lowest BCUT2D eigenvalue weighted by molar-refractivity contribution is -0.196. The Kier molecular flexibility index (Phi) is 4.99. The fourth-order valence-corrected chi connectivity index (χ4v) is 1.55. The summed E-state index contributed by atoms with van der Waals surface area (Å²) in [6.07, 6.45) is 4.72. The minimum Gasteiger partial charge on any atom is -0.465 e. The van der Waals surface area contributed by atoms with Gasteiger partial charge in [0.1, 0.15) is 0 Å². The third kappa shape index (κ3) is 3.42. The van der Waals surface area contributed by atoms with E-state index in [1.807, 2.05) is 0 Å². The predicted octanol–water partition coefficient (Wildman–Crippen LogP) is 1.08. The standard InChI is InChI=1S/C14H16O6/c1-9(2)7-12(16)20-14(19-4)8-10(13(17)18-3)5-6-11(14)15/h5-8H,1-4H3. The molecule has 6 nitrogen and oxygen atoms in total. The summed E-state index contributed by atoms with van der Waals surface area (Å²) in [7, 11) is 2.41. The Labute approximate surface area is 116 Å². The Morgan fingerprint density at radius 2 is 1.85 bits per heavy atom. The molecule has 6 heteroatoms. The summed E-state index contributed by atoms with van der Waals surface area (Å²) >= 11 is 0. The molecule has 1 rings (SSSR count). The number of carbonyl (C=O) groups is 3. The zero-order valence-corrected chi connectivity index (χ0v) is 11.8. The van der Waals surface area contributed by atoms with Gasteiger partial charge in [0.15, 0.2) is 0 Å². The first kappa shape index (κ1) is 15.8. The lowest BCUT2D eigenvalue weighted by atomic mass is 10.00. The number of ether oxygens (including phenoxy) is 3. The van der Waals surface area contributed by atoms with Gasteiger partial charge in [0, 0.05) is 19.3 Å². The predicted molar refractivity (Wildman–Crippen MR) is 69.5 cm³/mol. The van der Waals surface area contributed by atoms with Crippen LogP contribution in [-0.4, -0.2) is 37.7 Å². The van der Waals surface area contributed by atoms with Gasteiger partial charge in [-0.05, 0) is 26.0 Å². The van der Waals surface area contributed by atoms with Crippen LogP contribution in [0.1, 0.15) is 13.8 Å². The van der Waals surface area contributed by atoms with Gasteiger partial charge >= 0.3 is 11.9 Å². The van der Waals surface area contributed by atoms with Gasteiger partial charge in [-0.1, -0.05) is 5.57 Å². The Morgan fingerprint density at radius 1 is 1.20 bits per heavy atom. The number of methoxy groups -OCH3 is 2. The Balaban J connectivity index is 3.13. The largest absolute Gasteiger partial charge is 0.465 e. The molecule has 1 aliphatic carbocycles. The highest BCUT2D eigenvalue weighted by molar-refractivity contribution is 6.05. The Bertz CT molecular complexity index is 522. The third-order valence-electron chi connectivity index (χ3n) is 2.49. The number of ketones is 1. The van der Waals surface area contributed by atoms with Crippen LogP contribution in [-0.2, 0) is 28.6 Å². The van der Waals surface area contributed by atoms with Gasteiger partial charge in [-0.25, -0.2) is 9.59 Å². The minimum absolute atomic E-state index is 0.0685. The van der Waals surface area contributed by atoms with Crippen LogP contribution in [0, 0.1) is 0 Å². The summed E-state index contributed by atoms with van der Waals surface area (Å²) in [5.41, 5.74) is 0.774. The lowest BCUT2D eigenvalue weighted by Crippen LogP contribution is -2.44. The van der Waals surface area contributed by atoms with Crippen LogP contribution < -0.4 is 0 Å². The first-order chi connectivity index (χ1) is 9.34. The molecule has 20 heavy (non-hydrogen) atoms. The van der Waals surface area contributed by atoms with Crippen LogP contribution in [0.15, 0.2) is 35.5 Å². The Morgan fingerprint density at radius 3 is 2.35 bits per heavy atom. The van der Waals surface area contributed by atoms with Crippen LogP contribution in [0.25, 0.3) is 0 Å². The highest BCUT2D eigenvalue weighted by Gasteiger charge is 2.42. The smallest absolute Gasteiger partial charge is 0.337 e. The molecule has 0 aromatic rings. The third-order valence-corrected chi connectivity index (χ3v) is 2.49. The van der Waals surface area contributed by atoms with Crippen LogP contribution in [0.3, 0.4) is 0 Å². The minimum atomic E-state index is -1.94. The van der Waals surface area contributed by atoms with E-state index >= 15 is 0 Å². The molecule has 0 bridgehead atoms. The highest BCUT2D eigenvalue weighted by atomic mass is 16.7. The molecular weight excluding hydrogens is 264 g/mol. The molecule has 0 radical (unpaired) electrons. The zero-order chi connectivity index (χ0) is 15.3. The fourth-order valence-electron chi connectivity index (χ4n) is 1.55. The maximum absolute atomic E-state index is 11.9. The van der Waals surface area contributed by atoms with Gasteiger partial charge in [-0.3, -0.25) is 4.79 Å². The number of allylic oxidation sites excluding steroid dienone is 1. The van der Waals surface area contributed by atoms with E-state index in [1.54, 1.807) is 13.8 Å². The van der Waals surface area contributed by atoms with Crippen LogP contribution in [0.4, 0.5) is 0 Å². The molecule has 108 valence electrons. The number of hydrogen-bond acceptors (Lipinski definition) is 6. The molecule has 0 aromatic heterocycles. The molecule has 0 aromatic carbocycles. The van der Waals surface area contributed by atoms with E-state index < -0.39 is 23.5 Å². The van der Waals surface area contributed by atoms with Crippen molar-refractivity contribution in [3.05, 3.63) is 35.5 Å². The second kappa shape index (κ2) is 6.29. The molecule has 1 aliphatic rings. The molecule has 0 heterocycles. The number of rotatable bonds is 4. The molecular formula is C14H16O6. The molecule has 0 amide bonds. The topological polar surface area (TPSA) is 78.9 Å². The molecule has 0 saturated carbocycles. The van der Waals surface area contributed by atoms with Gasteiger partial charge in [-0.2, -0.15) is 0 Å². The maximum atomic E-state index is 11.9. The first-order valence-corrected chi connectivity index (χ1v) is 5.81. The van der Waals surface area contributed by atoms with Crippen LogP contribution in [0.5, 0.6) is 0 Å². The summed E-state index contributed by atoms with van der Waals surface area (Å²) in [6, 6.07) is 0. The lowest BCUT2D eigenvalue weighted by Gasteiger charge is -2.28. The molecule has 1 atom stereocenters. The highest BCUT2D eigenvalue weighted by Crippen LogP contribution is 2.24. The SMILES string of the molecule is COC(=O)C1=CC(OC)(OC(=O)C=C(C)C)C(=O)C=C1. The molecule has 0 saturated heterocycles. The molecule has 0 spiro atoms. The van der Waals surface area contributed by atoms with Crippen LogP contribution in [0.2, 0.25) is 0 Å². The molecule has 0 fully saturated rings. The first-order valence-electron chi connectivity index (χ1n) is 5.81. The van der Waals surface area contributed by atoms with Crippen molar-refractivity contribution >= 4 is 17.7 Å². The van der Waals surface area contributed by atoms with E-state index in [9.17, 15) is 14.4 Å². The average molecular weight is 280 g/mol. The summed E-state index contributed by atoms with van der Waals surface area (Å²) in [5, 5.41) is 0. The van der Waals surface area contributed by atoms with Gasteiger partial charge < -0.3 is 14.2 Å². The van der Waals surface area contributed by atoms with Crippen molar-refractivity contribution < 1.29 is 28.6 Å². The Hall–Kier alpha value is -2.21.